The largest absolute Gasteiger partial charge is 0.507 e. The second-order valence-electron chi connectivity index (χ2n) is 8.07. The maximum atomic E-state index is 13.0. The van der Waals surface area contributed by atoms with Crippen LogP contribution in [-0.2, 0) is 17.8 Å². The quantitative estimate of drug-likeness (QED) is 0.867. The summed E-state index contributed by atoms with van der Waals surface area (Å²) in [4.78, 5) is 17.2. The number of phenolic OH excluding ortho intramolecular Hbond substituents is 1. The van der Waals surface area contributed by atoms with Gasteiger partial charge in [0, 0.05) is 24.2 Å². The summed E-state index contributed by atoms with van der Waals surface area (Å²) < 4.78 is 8.40. The number of ether oxygens (including phenoxy) is 1. The monoisotopic (exact) mass is 369 g/mol. The minimum absolute atomic E-state index is 0.112. The number of carbonyl (C=O) groups is 1. The topological polar surface area (TPSA) is 76.4 Å². The summed E-state index contributed by atoms with van der Waals surface area (Å²) in [6.45, 7) is 8.03. The lowest BCUT2D eigenvalue weighted by molar-refractivity contribution is -0.137. The van der Waals surface area contributed by atoms with Crippen molar-refractivity contribution >= 4 is 5.91 Å². The molecule has 2 aromatic rings. The lowest BCUT2D eigenvalue weighted by atomic mass is 9.86. The molecule has 2 heterocycles. The Morgan fingerprint density at radius 2 is 2.07 bits per heavy atom. The Labute approximate surface area is 159 Å². The summed E-state index contributed by atoms with van der Waals surface area (Å²) in [5.41, 5.74) is 3.68. The molecule has 1 aromatic heterocycles. The Morgan fingerprint density at radius 3 is 2.78 bits per heavy atom. The maximum Gasteiger partial charge on any atom is 0.264 e. The van der Waals surface area contributed by atoms with Gasteiger partial charge in [-0.3, -0.25) is 4.79 Å². The molecular formula is C21H27N3O3. The van der Waals surface area contributed by atoms with Gasteiger partial charge < -0.3 is 19.7 Å². The molecule has 27 heavy (non-hydrogen) atoms. The normalized spacial score (nSPS) is 21.5. The maximum absolute atomic E-state index is 13.0. The second kappa shape index (κ2) is 6.29. The number of benzene rings is 1. The van der Waals surface area contributed by atoms with Crippen molar-refractivity contribution in [1.82, 2.24) is 14.9 Å². The fourth-order valence-corrected chi connectivity index (χ4v) is 3.92. The molecule has 6 nitrogen and oxygen atoms in total. The number of phenols is 1. The molecule has 0 bridgehead atoms. The third kappa shape index (κ3) is 2.97. The van der Waals surface area contributed by atoms with Crippen LogP contribution in [0.2, 0.25) is 0 Å². The Balaban J connectivity index is 1.52. The zero-order valence-corrected chi connectivity index (χ0v) is 16.4. The van der Waals surface area contributed by atoms with Crippen molar-refractivity contribution in [2.75, 3.05) is 0 Å². The van der Waals surface area contributed by atoms with Crippen LogP contribution in [0.5, 0.6) is 11.5 Å². The van der Waals surface area contributed by atoms with E-state index in [1.54, 1.807) is 0 Å². The highest BCUT2D eigenvalue weighted by Crippen LogP contribution is 2.43. The van der Waals surface area contributed by atoms with Gasteiger partial charge in [0.05, 0.1) is 18.6 Å². The van der Waals surface area contributed by atoms with E-state index < -0.39 is 5.60 Å². The molecule has 0 spiro atoms. The Kier molecular flexibility index (Phi) is 4.17. The van der Waals surface area contributed by atoms with Crippen LogP contribution < -0.4 is 10.1 Å². The van der Waals surface area contributed by atoms with E-state index in [4.69, 9.17) is 4.74 Å². The number of aromatic nitrogens is 2. The molecule has 1 aromatic carbocycles. The number of amides is 1. The van der Waals surface area contributed by atoms with Crippen LogP contribution in [0.3, 0.4) is 0 Å². The molecule has 144 valence electrons. The number of nitrogens with zero attached hydrogens (tertiary/aromatic N) is 2. The molecule has 1 aliphatic carbocycles. The summed E-state index contributed by atoms with van der Waals surface area (Å²) in [7, 11) is 0. The number of nitrogens with one attached hydrogen (secondary N) is 1. The number of imidazole rings is 1. The van der Waals surface area contributed by atoms with E-state index in [0.29, 0.717) is 31.2 Å². The van der Waals surface area contributed by atoms with Gasteiger partial charge in [-0.15, -0.1) is 0 Å². The molecule has 1 amide bonds. The molecule has 4 rings (SSSR count). The van der Waals surface area contributed by atoms with Gasteiger partial charge in [0.1, 0.15) is 11.5 Å². The molecule has 1 fully saturated rings. The van der Waals surface area contributed by atoms with E-state index in [-0.39, 0.29) is 5.91 Å². The van der Waals surface area contributed by atoms with Gasteiger partial charge >= 0.3 is 0 Å². The second-order valence-corrected chi connectivity index (χ2v) is 8.07. The van der Waals surface area contributed by atoms with E-state index in [9.17, 15) is 9.90 Å². The van der Waals surface area contributed by atoms with E-state index >= 15 is 0 Å². The van der Waals surface area contributed by atoms with Crippen molar-refractivity contribution in [2.24, 2.45) is 0 Å². The van der Waals surface area contributed by atoms with Crippen molar-refractivity contribution in [3.05, 3.63) is 40.5 Å². The van der Waals surface area contributed by atoms with Gasteiger partial charge in [-0.1, -0.05) is 0 Å². The molecule has 2 aliphatic rings. The van der Waals surface area contributed by atoms with E-state index in [2.05, 4.69) is 14.9 Å². The van der Waals surface area contributed by atoms with Crippen LogP contribution in [0.15, 0.2) is 12.5 Å². The highest BCUT2D eigenvalue weighted by molar-refractivity contribution is 5.85. The zero-order chi connectivity index (χ0) is 19.3. The molecule has 2 N–H and O–H groups in total. The number of carbonyl (C=O) groups excluding carboxylic acids is 1. The summed E-state index contributed by atoms with van der Waals surface area (Å²) in [5, 5.41) is 13.3. The number of hydrogen-bond donors (Lipinski definition) is 2. The van der Waals surface area contributed by atoms with Gasteiger partial charge in [0.25, 0.3) is 5.91 Å². The summed E-state index contributed by atoms with van der Waals surface area (Å²) >= 11 is 0. The molecule has 0 saturated heterocycles. The smallest absolute Gasteiger partial charge is 0.264 e. The summed E-state index contributed by atoms with van der Waals surface area (Å²) in [5.74, 6) is 0.963. The van der Waals surface area contributed by atoms with Crippen LogP contribution >= 0.6 is 0 Å². The first-order valence-corrected chi connectivity index (χ1v) is 9.61. The van der Waals surface area contributed by atoms with E-state index in [0.717, 1.165) is 33.7 Å². The number of fused-ring (bicyclic) bond motifs is 1. The summed E-state index contributed by atoms with van der Waals surface area (Å²) in [6, 6.07) is 0.536. The lowest BCUT2D eigenvalue weighted by Crippen LogP contribution is -2.51. The van der Waals surface area contributed by atoms with Crippen molar-refractivity contribution in [3.63, 3.8) is 0 Å². The molecular weight excluding hydrogens is 342 g/mol. The Hall–Kier alpha value is -2.50. The highest BCUT2D eigenvalue weighted by atomic mass is 16.5. The third-order valence-corrected chi connectivity index (χ3v) is 6.12. The fraction of sp³-hybridized carbons (Fsp3) is 0.524. The van der Waals surface area contributed by atoms with E-state index in [1.807, 2.05) is 40.2 Å². The highest BCUT2D eigenvalue weighted by Gasteiger charge is 2.40. The molecule has 0 unspecified atom stereocenters. The van der Waals surface area contributed by atoms with Gasteiger partial charge in [-0.2, -0.15) is 0 Å². The summed E-state index contributed by atoms with van der Waals surface area (Å²) in [6.07, 6.45) is 7.31. The number of hydrogen-bond acceptors (Lipinski definition) is 4. The average Bonchev–Trinajstić information content (AvgIpc) is 3.40. The van der Waals surface area contributed by atoms with Crippen molar-refractivity contribution in [1.29, 1.82) is 0 Å². The first-order chi connectivity index (χ1) is 12.8. The molecule has 1 atom stereocenters. The van der Waals surface area contributed by atoms with Crippen molar-refractivity contribution < 1.29 is 14.6 Å². The first kappa shape index (κ1) is 17.9. The standard InChI is InChI=1S/C21H27N3O3/c1-12-13(2)19-17(14(3)18(12)25)7-8-21(4,27-19)20(26)23-10-16-9-22-11-24(16)15-5-6-15/h9,11,15,25H,5-8,10H2,1-4H3,(H,23,26)/t21-/m0/s1. The van der Waals surface area contributed by atoms with E-state index in [1.165, 1.54) is 12.8 Å². The predicted octanol–water partition coefficient (Wildman–Crippen LogP) is 3.25. The minimum Gasteiger partial charge on any atom is -0.507 e. The molecule has 1 aliphatic heterocycles. The van der Waals surface area contributed by atoms with Crippen LogP contribution in [0.4, 0.5) is 0 Å². The van der Waals surface area contributed by atoms with Crippen LogP contribution in [-0.4, -0.2) is 26.2 Å². The predicted molar refractivity (Wildman–Crippen MR) is 102 cm³/mol. The molecule has 6 heteroatoms. The minimum atomic E-state index is -0.919. The third-order valence-electron chi connectivity index (χ3n) is 6.12. The lowest BCUT2D eigenvalue weighted by Gasteiger charge is -2.36. The van der Waals surface area contributed by atoms with Gasteiger partial charge in [0.2, 0.25) is 0 Å². The Morgan fingerprint density at radius 1 is 1.33 bits per heavy atom. The molecule has 1 saturated carbocycles. The van der Waals surface area contributed by atoms with Gasteiger partial charge in [-0.05, 0) is 63.6 Å². The fourth-order valence-electron chi connectivity index (χ4n) is 3.92. The zero-order valence-electron chi connectivity index (χ0n) is 16.4. The Bertz CT molecular complexity index is 914. The SMILES string of the molecule is Cc1c(C)c2c(c(C)c1O)CC[C@@](C)(C(=O)NCc1cncn1C1CC1)O2. The van der Waals surface area contributed by atoms with Crippen molar-refractivity contribution in [3.8, 4) is 11.5 Å². The van der Waals surface area contributed by atoms with Crippen molar-refractivity contribution in [2.45, 2.75) is 71.6 Å². The van der Waals surface area contributed by atoms with Crippen LogP contribution in [0, 0.1) is 20.8 Å². The van der Waals surface area contributed by atoms with Crippen LogP contribution in [0.25, 0.3) is 0 Å². The van der Waals surface area contributed by atoms with Gasteiger partial charge in [-0.25, -0.2) is 4.98 Å². The van der Waals surface area contributed by atoms with Crippen LogP contribution in [0.1, 0.15) is 60.2 Å². The first-order valence-electron chi connectivity index (χ1n) is 9.61. The van der Waals surface area contributed by atoms with Gasteiger partial charge in [0.15, 0.2) is 5.60 Å². The average molecular weight is 369 g/mol. The molecule has 0 radical (unpaired) electrons. The number of rotatable bonds is 4. The number of aromatic hydroxyl groups is 1.